The second-order valence-electron chi connectivity index (χ2n) is 3.80. The summed E-state index contributed by atoms with van der Waals surface area (Å²) in [4.78, 5) is 13.1. The molecule has 0 aromatic heterocycles. The highest BCUT2D eigenvalue weighted by atomic mass is 32.1. The lowest BCUT2D eigenvalue weighted by atomic mass is 10.1. The van der Waals surface area contributed by atoms with Gasteiger partial charge in [-0.2, -0.15) is 0 Å². The molecule has 0 spiro atoms. The standard InChI is InChI=1S/C11H12FN3OS/c12-8-5-7(11(13)17)1-2-9(8)15-4-3-14-10(16)6-15/h1-2,5H,3-4,6H2,(H2,13,17)(H,14,16). The van der Waals surface area contributed by atoms with E-state index in [1.807, 2.05) is 0 Å². The minimum atomic E-state index is -0.412. The Bertz CT molecular complexity index is 478. The molecule has 0 unspecified atom stereocenters. The molecule has 0 atom stereocenters. The number of nitrogens with one attached hydrogen (secondary N) is 1. The van der Waals surface area contributed by atoms with Gasteiger partial charge in [0, 0.05) is 18.7 Å². The van der Waals surface area contributed by atoms with Crippen LogP contribution in [0.4, 0.5) is 10.1 Å². The first-order valence-electron chi connectivity index (χ1n) is 5.19. The summed E-state index contributed by atoms with van der Waals surface area (Å²) in [5.74, 6) is -0.515. The number of thiocarbonyl (C=S) groups is 1. The van der Waals surface area contributed by atoms with Crippen LogP contribution < -0.4 is 16.0 Å². The number of rotatable bonds is 2. The Morgan fingerprint density at radius 2 is 2.29 bits per heavy atom. The minimum absolute atomic E-state index is 0.103. The summed E-state index contributed by atoms with van der Waals surface area (Å²) in [6, 6.07) is 4.56. The lowest BCUT2D eigenvalue weighted by Crippen LogP contribution is -2.48. The first-order valence-corrected chi connectivity index (χ1v) is 5.60. The van der Waals surface area contributed by atoms with Gasteiger partial charge in [0.25, 0.3) is 0 Å². The molecule has 1 aliphatic rings. The molecule has 1 aliphatic heterocycles. The van der Waals surface area contributed by atoms with Crippen molar-refractivity contribution in [2.45, 2.75) is 0 Å². The number of benzene rings is 1. The monoisotopic (exact) mass is 253 g/mol. The first-order chi connectivity index (χ1) is 8.08. The largest absolute Gasteiger partial charge is 0.389 e. The quantitative estimate of drug-likeness (QED) is 0.749. The fraction of sp³-hybridized carbons (Fsp3) is 0.273. The molecule has 90 valence electrons. The first kappa shape index (κ1) is 11.8. The number of nitrogens with zero attached hydrogens (tertiary/aromatic N) is 1. The van der Waals surface area contributed by atoms with Crippen molar-refractivity contribution in [2.75, 3.05) is 24.5 Å². The third kappa shape index (κ3) is 2.52. The number of piperazine rings is 1. The lowest BCUT2D eigenvalue weighted by Gasteiger charge is -2.28. The van der Waals surface area contributed by atoms with E-state index < -0.39 is 5.82 Å². The summed E-state index contributed by atoms with van der Waals surface area (Å²) >= 11 is 4.77. The van der Waals surface area contributed by atoms with Crippen LogP contribution in [0.15, 0.2) is 18.2 Å². The minimum Gasteiger partial charge on any atom is -0.389 e. The van der Waals surface area contributed by atoms with Crippen LogP contribution in [0.1, 0.15) is 5.56 Å². The van der Waals surface area contributed by atoms with Crippen LogP contribution in [-0.2, 0) is 4.79 Å². The van der Waals surface area contributed by atoms with E-state index in [2.05, 4.69) is 5.32 Å². The Kier molecular flexibility index (Phi) is 3.23. The van der Waals surface area contributed by atoms with Crippen molar-refractivity contribution in [3.8, 4) is 0 Å². The van der Waals surface area contributed by atoms with Crippen LogP contribution in [0, 0.1) is 5.82 Å². The molecular formula is C11H12FN3OS. The predicted molar refractivity (Wildman–Crippen MR) is 67.5 cm³/mol. The van der Waals surface area contributed by atoms with E-state index in [1.54, 1.807) is 17.0 Å². The van der Waals surface area contributed by atoms with Crippen LogP contribution in [0.3, 0.4) is 0 Å². The van der Waals surface area contributed by atoms with Gasteiger partial charge in [0.05, 0.1) is 12.2 Å². The second-order valence-corrected chi connectivity index (χ2v) is 4.24. The molecule has 0 radical (unpaired) electrons. The molecule has 1 fully saturated rings. The third-order valence-electron chi connectivity index (χ3n) is 2.61. The zero-order valence-electron chi connectivity index (χ0n) is 9.07. The summed E-state index contributed by atoms with van der Waals surface area (Å²) in [5.41, 5.74) is 6.31. The molecule has 1 amide bonds. The fourth-order valence-electron chi connectivity index (χ4n) is 1.76. The maximum Gasteiger partial charge on any atom is 0.239 e. The summed E-state index contributed by atoms with van der Waals surface area (Å²) in [5, 5.41) is 2.69. The molecule has 0 bridgehead atoms. The summed E-state index contributed by atoms with van der Waals surface area (Å²) in [6.07, 6.45) is 0. The fourth-order valence-corrected chi connectivity index (χ4v) is 1.89. The second kappa shape index (κ2) is 4.67. The average molecular weight is 253 g/mol. The van der Waals surface area contributed by atoms with Crippen molar-refractivity contribution in [1.29, 1.82) is 0 Å². The molecule has 0 aliphatic carbocycles. The SMILES string of the molecule is NC(=S)c1ccc(N2CCNC(=O)C2)c(F)c1. The maximum absolute atomic E-state index is 13.8. The zero-order valence-corrected chi connectivity index (χ0v) is 9.89. The number of anilines is 1. The van der Waals surface area contributed by atoms with E-state index in [0.29, 0.717) is 24.3 Å². The smallest absolute Gasteiger partial charge is 0.239 e. The number of hydrogen-bond acceptors (Lipinski definition) is 3. The number of halogens is 1. The molecule has 2 rings (SSSR count). The normalized spacial score (nSPS) is 15.6. The molecule has 1 aromatic carbocycles. The van der Waals surface area contributed by atoms with Gasteiger partial charge in [0.2, 0.25) is 5.91 Å². The Morgan fingerprint density at radius 1 is 1.53 bits per heavy atom. The van der Waals surface area contributed by atoms with Crippen molar-refractivity contribution in [3.05, 3.63) is 29.6 Å². The predicted octanol–water partition coefficient (Wildman–Crippen LogP) is 0.396. The molecule has 1 heterocycles. The Hall–Kier alpha value is -1.69. The Balaban J connectivity index is 2.26. The Labute approximate surface area is 104 Å². The van der Waals surface area contributed by atoms with Crippen molar-refractivity contribution in [2.24, 2.45) is 5.73 Å². The number of carbonyl (C=O) groups excluding carboxylic acids is 1. The molecule has 1 saturated heterocycles. The van der Waals surface area contributed by atoms with Crippen LogP contribution in [0.2, 0.25) is 0 Å². The molecule has 4 nitrogen and oxygen atoms in total. The van der Waals surface area contributed by atoms with Crippen molar-refractivity contribution >= 4 is 28.8 Å². The molecular weight excluding hydrogens is 241 g/mol. The van der Waals surface area contributed by atoms with Gasteiger partial charge in [-0.05, 0) is 18.2 Å². The van der Waals surface area contributed by atoms with Gasteiger partial charge in [-0.15, -0.1) is 0 Å². The van der Waals surface area contributed by atoms with Gasteiger partial charge in [0.15, 0.2) is 0 Å². The van der Waals surface area contributed by atoms with Crippen molar-refractivity contribution in [3.63, 3.8) is 0 Å². The van der Waals surface area contributed by atoms with Gasteiger partial charge in [-0.25, -0.2) is 4.39 Å². The summed E-state index contributed by atoms with van der Waals surface area (Å²) in [7, 11) is 0. The van der Waals surface area contributed by atoms with Crippen molar-refractivity contribution < 1.29 is 9.18 Å². The molecule has 17 heavy (non-hydrogen) atoms. The van der Waals surface area contributed by atoms with E-state index >= 15 is 0 Å². The van der Waals surface area contributed by atoms with Crippen LogP contribution in [-0.4, -0.2) is 30.5 Å². The molecule has 0 saturated carbocycles. The van der Waals surface area contributed by atoms with Crippen LogP contribution in [0.5, 0.6) is 0 Å². The van der Waals surface area contributed by atoms with Gasteiger partial charge < -0.3 is 16.0 Å². The van der Waals surface area contributed by atoms with Crippen LogP contribution in [0.25, 0.3) is 0 Å². The topological polar surface area (TPSA) is 58.4 Å². The molecule has 1 aromatic rings. The number of nitrogens with two attached hydrogens (primary N) is 1. The maximum atomic E-state index is 13.8. The van der Waals surface area contributed by atoms with E-state index in [0.717, 1.165) is 0 Å². The Morgan fingerprint density at radius 3 is 2.88 bits per heavy atom. The zero-order chi connectivity index (χ0) is 12.4. The number of amides is 1. The van der Waals surface area contributed by atoms with E-state index in [-0.39, 0.29) is 17.4 Å². The van der Waals surface area contributed by atoms with E-state index in [9.17, 15) is 9.18 Å². The highest BCUT2D eigenvalue weighted by Gasteiger charge is 2.19. The van der Waals surface area contributed by atoms with Gasteiger partial charge >= 0.3 is 0 Å². The molecule has 3 N–H and O–H groups in total. The molecule has 6 heteroatoms. The highest BCUT2D eigenvalue weighted by molar-refractivity contribution is 7.80. The van der Waals surface area contributed by atoms with Crippen LogP contribution >= 0.6 is 12.2 Å². The summed E-state index contributed by atoms with van der Waals surface area (Å²) in [6.45, 7) is 1.29. The van der Waals surface area contributed by atoms with Gasteiger partial charge in [-0.3, -0.25) is 4.79 Å². The van der Waals surface area contributed by atoms with Gasteiger partial charge in [0.1, 0.15) is 10.8 Å². The highest BCUT2D eigenvalue weighted by Crippen LogP contribution is 2.21. The average Bonchev–Trinajstić information content (AvgIpc) is 2.28. The lowest BCUT2D eigenvalue weighted by molar-refractivity contribution is -0.120. The van der Waals surface area contributed by atoms with E-state index in [1.165, 1.54) is 6.07 Å². The number of carbonyl (C=O) groups is 1. The van der Waals surface area contributed by atoms with Gasteiger partial charge in [-0.1, -0.05) is 12.2 Å². The third-order valence-corrected chi connectivity index (χ3v) is 2.85. The summed E-state index contributed by atoms with van der Waals surface area (Å²) < 4.78 is 13.8. The van der Waals surface area contributed by atoms with E-state index in [4.69, 9.17) is 18.0 Å². The number of hydrogen-bond donors (Lipinski definition) is 2. The van der Waals surface area contributed by atoms with Crippen molar-refractivity contribution in [1.82, 2.24) is 5.32 Å².